The first kappa shape index (κ1) is 8.87. The van der Waals surface area contributed by atoms with Crippen LogP contribution in [0.2, 0.25) is 0 Å². The maximum Gasteiger partial charge on any atom is 0.0576 e. The summed E-state index contributed by atoms with van der Waals surface area (Å²) in [4.78, 5) is 0. The first-order valence-corrected chi connectivity index (χ1v) is 4.36. The minimum atomic E-state index is 0.538. The van der Waals surface area contributed by atoms with Crippen molar-refractivity contribution in [3.8, 4) is 12.3 Å². The molecule has 1 atom stereocenters. The summed E-state index contributed by atoms with van der Waals surface area (Å²) < 4.78 is 0. The molecule has 0 aromatic heterocycles. The van der Waals surface area contributed by atoms with Gasteiger partial charge in [-0.15, -0.1) is 6.42 Å². The average molecular weight is 143 g/mol. The van der Waals surface area contributed by atoms with Gasteiger partial charge in [0, 0.05) is 11.8 Å². The second kappa shape index (κ2) is 6.00. The molecule has 1 nitrogen and oxygen atoms in total. The summed E-state index contributed by atoms with van der Waals surface area (Å²) in [7, 11) is 0. The Kier molecular flexibility index (Phi) is 5.91. The van der Waals surface area contributed by atoms with Gasteiger partial charge in [0.05, 0.1) is 6.54 Å². The fourth-order valence-corrected chi connectivity index (χ4v) is 1.16. The van der Waals surface area contributed by atoms with Crippen molar-refractivity contribution in [3.05, 3.63) is 0 Å². The molecule has 1 unspecified atom stereocenters. The van der Waals surface area contributed by atoms with Gasteiger partial charge in [0.2, 0.25) is 0 Å². The predicted molar refractivity (Wildman–Crippen MR) is 44.7 cm³/mol. The molecule has 0 bridgehead atoms. The van der Waals surface area contributed by atoms with Crippen LogP contribution in [0.25, 0.3) is 0 Å². The quantitative estimate of drug-likeness (QED) is 0.588. The lowest BCUT2D eigenvalue weighted by molar-refractivity contribution is 0.647. The molecule has 0 rings (SSSR count). The molecule has 0 spiro atoms. The SMILES string of the molecule is C#CCNC(C)CSC. The highest BCUT2D eigenvalue weighted by Gasteiger charge is 1.95. The van der Waals surface area contributed by atoms with Crippen molar-refractivity contribution in [2.75, 3.05) is 18.6 Å². The Balaban J connectivity index is 3.07. The van der Waals surface area contributed by atoms with Gasteiger partial charge < -0.3 is 5.32 Å². The van der Waals surface area contributed by atoms with Gasteiger partial charge in [-0.1, -0.05) is 5.92 Å². The fourth-order valence-electron chi connectivity index (χ4n) is 0.542. The second-order valence-corrected chi connectivity index (χ2v) is 2.85. The van der Waals surface area contributed by atoms with Crippen molar-refractivity contribution in [2.24, 2.45) is 0 Å². The summed E-state index contributed by atoms with van der Waals surface area (Å²) in [6.07, 6.45) is 7.14. The molecule has 0 aliphatic carbocycles. The molecule has 0 aromatic carbocycles. The molecule has 0 aromatic rings. The summed E-state index contributed by atoms with van der Waals surface area (Å²) in [6.45, 7) is 2.82. The van der Waals surface area contributed by atoms with Crippen LogP contribution >= 0.6 is 11.8 Å². The minimum Gasteiger partial charge on any atom is -0.303 e. The lowest BCUT2D eigenvalue weighted by atomic mass is 10.4. The van der Waals surface area contributed by atoms with E-state index >= 15 is 0 Å². The van der Waals surface area contributed by atoms with E-state index in [1.165, 1.54) is 0 Å². The van der Waals surface area contributed by atoms with Gasteiger partial charge in [-0.2, -0.15) is 11.8 Å². The molecule has 9 heavy (non-hydrogen) atoms. The summed E-state index contributed by atoms with van der Waals surface area (Å²) in [6, 6.07) is 0.538. The molecule has 0 saturated heterocycles. The normalized spacial score (nSPS) is 12.6. The molecule has 0 amide bonds. The molecular weight excluding hydrogens is 130 g/mol. The number of thioether (sulfide) groups is 1. The average Bonchev–Trinajstić information content (AvgIpc) is 1.85. The van der Waals surface area contributed by atoms with Gasteiger partial charge >= 0.3 is 0 Å². The Hall–Kier alpha value is -0.130. The van der Waals surface area contributed by atoms with Gasteiger partial charge in [-0.05, 0) is 13.2 Å². The Labute approximate surface area is 61.6 Å². The van der Waals surface area contributed by atoms with Crippen LogP contribution in [0.4, 0.5) is 0 Å². The van der Waals surface area contributed by atoms with Crippen molar-refractivity contribution < 1.29 is 0 Å². The van der Waals surface area contributed by atoms with Crippen molar-refractivity contribution in [3.63, 3.8) is 0 Å². The summed E-state index contributed by atoms with van der Waals surface area (Å²) >= 11 is 1.83. The Morgan fingerprint density at radius 1 is 1.78 bits per heavy atom. The van der Waals surface area contributed by atoms with Gasteiger partial charge in [-0.3, -0.25) is 0 Å². The Morgan fingerprint density at radius 2 is 2.44 bits per heavy atom. The fraction of sp³-hybridized carbons (Fsp3) is 0.714. The van der Waals surface area contributed by atoms with E-state index in [4.69, 9.17) is 6.42 Å². The van der Waals surface area contributed by atoms with E-state index in [1.807, 2.05) is 11.8 Å². The van der Waals surface area contributed by atoms with Gasteiger partial charge in [0.1, 0.15) is 0 Å². The van der Waals surface area contributed by atoms with Crippen molar-refractivity contribution in [1.29, 1.82) is 0 Å². The number of hydrogen-bond donors (Lipinski definition) is 1. The number of rotatable bonds is 4. The highest BCUT2D eigenvalue weighted by atomic mass is 32.2. The summed E-state index contributed by atoms with van der Waals surface area (Å²) in [5, 5.41) is 3.18. The molecule has 52 valence electrons. The monoisotopic (exact) mass is 143 g/mol. The van der Waals surface area contributed by atoms with E-state index < -0.39 is 0 Å². The van der Waals surface area contributed by atoms with Gasteiger partial charge in [0.15, 0.2) is 0 Å². The van der Waals surface area contributed by atoms with Crippen molar-refractivity contribution in [2.45, 2.75) is 13.0 Å². The van der Waals surface area contributed by atoms with E-state index in [9.17, 15) is 0 Å². The number of terminal acetylenes is 1. The van der Waals surface area contributed by atoms with Crippen LogP contribution in [0.5, 0.6) is 0 Å². The van der Waals surface area contributed by atoms with E-state index in [1.54, 1.807) is 0 Å². The van der Waals surface area contributed by atoms with Gasteiger partial charge in [0.25, 0.3) is 0 Å². The molecule has 0 radical (unpaired) electrons. The van der Waals surface area contributed by atoms with Crippen molar-refractivity contribution in [1.82, 2.24) is 5.32 Å². The van der Waals surface area contributed by atoms with Crippen LogP contribution in [-0.2, 0) is 0 Å². The highest BCUT2D eigenvalue weighted by molar-refractivity contribution is 7.98. The highest BCUT2D eigenvalue weighted by Crippen LogP contribution is 1.94. The third-order valence-electron chi connectivity index (χ3n) is 0.969. The predicted octanol–water partition coefficient (Wildman–Crippen LogP) is 0.961. The van der Waals surface area contributed by atoms with Crippen molar-refractivity contribution >= 4 is 11.8 Å². The van der Waals surface area contributed by atoms with Crippen LogP contribution in [0, 0.1) is 12.3 Å². The van der Waals surface area contributed by atoms with Crippen LogP contribution in [0.1, 0.15) is 6.92 Å². The first-order valence-electron chi connectivity index (χ1n) is 2.97. The first-order chi connectivity index (χ1) is 4.31. The minimum absolute atomic E-state index is 0.538. The van der Waals surface area contributed by atoms with E-state index in [-0.39, 0.29) is 0 Å². The third kappa shape index (κ3) is 5.75. The lowest BCUT2D eigenvalue weighted by Gasteiger charge is -2.08. The van der Waals surface area contributed by atoms with Crippen LogP contribution in [0.15, 0.2) is 0 Å². The van der Waals surface area contributed by atoms with E-state index in [0.29, 0.717) is 12.6 Å². The number of hydrogen-bond acceptors (Lipinski definition) is 2. The Morgan fingerprint density at radius 3 is 2.89 bits per heavy atom. The van der Waals surface area contributed by atoms with Crippen LogP contribution in [0.3, 0.4) is 0 Å². The molecule has 0 saturated carbocycles. The summed E-state index contributed by atoms with van der Waals surface area (Å²) in [5.74, 6) is 3.66. The molecule has 0 aliphatic heterocycles. The van der Waals surface area contributed by atoms with Crippen LogP contribution < -0.4 is 5.32 Å². The molecule has 2 heteroatoms. The lowest BCUT2D eigenvalue weighted by Crippen LogP contribution is -2.28. The topological polar surface area (TPSA) is 12.0 Å². The molecule has 0 heterocycles. The zero-order valence-corrected chi connectivity index (χ0v) is 6.79. The maximum atomic E-state index is 5.05. The van der Waals surface area contributed by atoms with Gasteiger partial charge in [-0.25, -0.2) is 0 Å². The largest absolute Gasteiger partial charge is 0.303 e. The summed E-state index contributed by atoms with van der Waals surface area (Å²) in [5.41, 5.74) is 0. The Bertz CT molecular complexity index is 95.6. The molecule has 1 N–H and O–H groups in total. The maximum absolute atomic E-state index is 5.05. The second-order valence-electron chi connectivity index (χ2n) is 1.94. The standard InChI is InChI=1S/C7H13NS/c1-4-5-8-7(2)6-9-3/h1,7-8H,5-6H2,2-3H3. The van der Waals surface area contributed by atoms with E-state index in [2.05, 4.69) is 24.4 Å². The molecule has 0 aliphatic rings. The third-order valence-corrected chi connectivity index (χ3v) is 1.80. The van der Waals surface area contributed by atoms with Crippen LogP contribution in [-0.4, -0.2) is 24.6 Å². The zero-order valence-electron chi connectivity index (χ0n) is 5.98. The molecular formula is C7H13NS. The molecule has 0 fully saturated rings. The smallest absolute Gasteiger partial charge is 0.0576 e. The zero-order chi connectivity index (χ0) is 7.11. The number of nitrogens with one attached hydrogen (secondary N) is 1. The van der Waals surface area contributed by atoms with E-state index in [0.717, 1.165) is 5.75 Å².